The quantitative estimate of drug-likeness (QED) is 0.886. The molecule has 1 aliphatic rings. The highest BCUT2D eigenvalue weighted by molar-refractivity contribution is 6.42. The zero-order valence-electron chi connectivity index (χ0n) is 12.8. The van der Waals surface area contributed by atoms with Crippen molar-refractivity contribution in [1.29, 1.82) is 0 Å². The summed E-state index contributed by atoms with van der Waals surface area (Å²) in [7, 11) is 1.61. The van der Waals surface area contributed by atoms with E-state index in [1.54, 1.807) is 25.3 Å². The molecule has 0 unspecified atom stereocenters. The van der Waals surface area contributed by atoms with Crippen LogP contribution >= 0.6 is 23.2 Å². The molecule has 1 aliphatic heterocycles. The normalized spacial score (nSPS) is 16.3. The number of halogens is 2. The van der Waals surface area contributed by atoms with Crippen molar-refractivity contribution in [2.75, 3.05) is 12.4 Å². The van der Waals surface area contributed by atoms with Crippen molar-refractivity contribution in [3.63, 3.8) is 0 Å². The maximum atomic E-state index is 12.3. The summed E-state index contributed by atoms with van der Waals surface area (Å²) in [5, 5.41) is 7.55. The average Bonchev–Trinajstić information content (AvgIpc) is 3.08. The van der Waals surface area contributed by atoms with Crippen LogP contribution in [0, 0.1) is 0 Å². The fourth-order valence-electron chi connectivity index (χ4n) is 2.27. The average molecular weight is 365 g/mol. The van der Waals surface area contributed by atoms with E-state index in [0.29, 0.717) is 27.9 Å². The first-order chi connectivity index (χ1) is 11.6. The van der Waals surface area contributed by atoms with Gasteiger partial charge in [0, 0.05) is 12.1 Å². The van der Waals surface area contributed by atoms with Gasteiger partial charge in [-0.2, -0.15) is 0 Å². The summed E-state index contributed by atoms with van der Waals surface area (Å²) in [6.07, 6.45) is -0.295. The summed E-state index contributed by atoms with van der Waals surface area (Å²) in [6, 6.07) is 12.3. The van der Waals surface area contributed by atoms with E-state index in [1.165, 1.54) is 0 Å². The Hall–Kier alpha value is -2.24. The van der Waals surface area contributed by atoms with Gasteiger partial charge >= 0.3 is 0 Å². The highest BCUT2D eigenvalue weighted by atomic mass is 35.5. The second-order valence-corrected chi connectivity index (χ2v) is 6.00. The first-order valence-corrected chi connectivity index (χ1v) is 7.95. The van der Waals surface area contributed by atoms with Gasteiger partial charge in [0.1, 0.15) is 5.75 Å². The van der Waals surface area contributed by atoms with Gasteiger partial charge < -0.3 is 14.9 Å². The number of ether oxygens (including phenoxy) is 1. The van der Waals surface area contributed by atoms with Gasteiger partial charge in [0.2, 0.25) is 6.10 Å². The molecule has 0 fully saturated rings. The largest absolute Gasteiger partial charge is 0.497 e. The van der Waals surface area contributed by atoms with E-state index in [1.807, 2.05) is 24.3 Å². The Morgan fingerprint density at radius 1 is 1.21 bits per heavy atom. The Morgan fingerprint density at radius 2 is 1.96 bits per heavy atom. The van der Waals surface area contributed by atoms with E-state index < -0.39 is 6.10 Å². The fraction of sp³-hybridized carbons (Fsp3) is 0.176. The number of carbonyl (C=O) groups excluding carboxylic acids is 1. The van der Waals surface area contributed by atoms with E-state index in [-0.39, 0.29) is 5.91 Å². The molecule has 5 nitrogen and oxygen atoms in total. The molecule has 1 atom stereocenters. The highest BCUT2D eigenvalue weighted by Gasteiger charge is 2.29. The summed E-state index contributed by atoms with van der Waals surface area (Å²) < 4.78 is 5.12. The molecule has 3 rings (SSSR count). The van der Waals surface area contributed by atoms with E-state index in [9.17, 15) is 4.79 Å². The first-order valence-electron chi connectivity index (χ1n) is 7.20. The monoisotopic (exact) mass is 364 g/mol. The number of hydrogen-bond donors (Lipinski definition) is 1. The summed E-state index contributed by atoms with van der Waals surface area (Å²) in [6.45, 7) is 0. The van der Waals surface area contributed by atoms with E-state index in [4.69, 9.17) is 32.8 Å². The van der Waals surface area contributed by atoms with Crippen molar-refractivity contribution in [2.45, 2.75) is 12.5 Å². The van der Waals surface area contributed by atoms with E-state index in [0.717, 1.165) is 11.3 Å². The number of benzene rings is 2. The fourth-order valence-corrected chi connectivity index (χ4v) is 2.57. The Bertz CT molecular complexity index is 791. The Labute approximate surface area is 149 Å². The van der Waals surface area contributed by atoms with Crippen LogP contribution in [0.5, 0.6) is 5.75 Å². The number of nitrogens with one attached hydrogen (secondary N) is 1. The predicted molar refractivity (Wildman–Crippen MR) is 94.1 cm³/mol. The highest BCUT2D eigenvalue weighted by Crippen LogP contribution is 2.26. The third-order valence-electron chi connectivity index (χ3n) is 3.57. The maximum absolute atomic E-state index is 12.3. The van der Waals surface area contributed by atoms with E-state index >= 15 is 0 Å². The third kappa shape index (κ3) is 3.63. The molecule has 1 N–H and O–H groups in total. The molecule has 0 aliphatic carbocycles. The van der Waals surface area contributed by atoms with Crippen LogP contribution in [0.25, 0.3) is 0 Å². The smallest absolute Gasteiger partial charge is 0.268 e. The molecule has 124 valence electrons. The van der Waals surface area contributed by atoms with Crippen molar-refractivity contribution in [1.82, 2.24) is 0 Å². The molecule has 1 heterocycles. The van der Waals surface area contributed by atoms with Gasteiger partial charge in [-0.25, -0.2) is 0 Å². The van der Waals surface area contributed by atoms with Crippen molar-refractivity contribution < 1.29 is 14.4 Å². The van der Waals surface area contributed by atoms with Crippen LogP contribution in [0.1, 0.15) is 12.0 Å². The lowest BCUT2D eigenvalue weighted by atomic mass is 10.0. The van der Waals surface area contributed by atoms with Crippen molar-refractivity contribution in [3.8, 4) is 5.75 Å². The molecule has 7 heteroatoms. The predicted octanol–water partition coefficient (Wildman–Crippen LogP) is 4.13. The second-order valence-electron chi connectivity index (χ2n) is 5.18. The molecule has 1 amide bonds. The van der Waals surface area contributed by atoms with Crippen LogP contribution in [0.3, 0.4) is 0 Å². The van der Waals surface area contributed by atoms with Crippen molar-refractivity contribution in [3.05, 3.63) is 58.1 Å². The van der Waals surface area contributed by atoms with E-state index in [2.05, 4.69) is 10.5 Å². The molecule has 0 radical (unpaired) electrons. The summed E-state index contributed by atoms with van der Waals surface area (Å²) in [5.41, 5.74) is 2.16. The summed E-state index contributed by atoms with van der Waals surface area (Å²) >= 11 is 11.8. The summed E-state index contributed by atoms with van der Waals surface area (Å²) in [4.78, 5) is 17.5. The SMILES string of the molecule is COc1ccc(C2=NO[C@@H](C(=O)Nc3ccc(Cl)c(Cl)c3)C2)cc1. The van der Waals surface area contributed by atoms with Crippen molar-refractivity contribution in [2.24, 2.45) is 5.16 Å². The first kappa shape index (κ1) is 16.6. The minimum Gasteiger partial charge on any atom is -0.497 e. The van der Waals surface area contributed by atoms with Gasteiger partial charge in [-0.15, -0.1) is 0 Å². The Kier molecular flexibility index (Phi) is 4.92. The van der Waals surface area contributed by atoms with Gasteiger partial charge in [-0.05, 0) is 48.0 Å². The number of oxime groups is 1. The minimum atomic E-state index is -0.684. The van der Waals surface area contributed by atoms with Gasteiger partial charge in [0.25, 0.3) is 5.91 Å². The van der Waals surface area contributed by atoms with Crippen LogP contribution in [-0.2, 0) is 9.63 Å². The van der Waals surface area contributed by atoms with Crippen LogP contribution in [0.15, 0.2) is 47.6 Å². The number of rotatable bonds is 4. The molecule has 0 bridgehead atoms. The number of anilines is 1. The van der Waals surface area contributed by atoms with Crippen LogP contribution in [0.4, 0.5) is 5.69 Å². The molecule has 24 heavy (non-hydrogen) atoms. The Balaban J connectivity index is 1.63. The molecule has 0 saturated heterocycles. The lowest BCUT2D eigenvalue weighted by molar-refractivity contribution is -0.125. The topological polar surface area (TPSA) is 59.9 Å². The maximum Gasteiger partial charge on any atom is 0.268 e. The third-order valence-corrected chi connectivity index (χ3v) is 4.31. The second kappa shape index (κ2) is 7.11. The van der Waals surface area contributed by atoms with Crippen LogP contribution < -0.4 is 10.1 Å². The number of nitrogens with zero attached hydrogens (tertiary/aromatic N) is 1. The zero-order valence-corrected chi connectivity index (χ0v) is 14.3. The molecule has 2 aromatic carbocycles. The lowest BCUT2D eigenvalue weighted by Gasteiger charge is -2.10. The number of amides is 1. The number of hydrogen-bond acceptors (Lipinski definition) is 4. The molecule has 2 aromatic rings. The summed E-state index contributed by atoms with van der Waals surface area (Å²) in [5.74, 6) is 0.466. The Morgan fingerprint density at radius 3 is 2.62 bits per heavy atom. The standard InChI is InChI=1S/C17H14Cl2N2O3/c1-23-12-5-2-10(3-6-12)15-9-16(24-21-15)17(22)20-11-4-7-13(18)14(19)8-11/h2-8,16H,9H2,1H3,(H,20,22)/t16-/m1/s1. The molecule has 0 aromatic heterocycles. The lowest BCUT2D eigenvalue weighted by Crippen LogP contribution is -2.28. The molecule has 0 spiro atoms. The zero-order chi connectivity index (χ0) is 17.1. The van der Waals surface area contributed by atoms with Gasteiger partial charge in [-0.1, -0.05) is 28.4 Å². The molecule has 0 saturated carbocycles. The molecular formula is C17H14Cl2N2O3. The van der Waals surface area contributed by atoms with Gasteiger partial charge in [0.15, 0.2) is 0 Å². The van der Waals surface area contributed by atoms with Gasteiger partial charge in [0.05, 0.1) is 22.9 Å². The van der Waals surface area contributed by atoms with Crippen LogP contribution in [-0.4, -0.2) is 24.8 Å². The van der Waals surface area contributed by atoms with Crippen molar-refractivity contribution >= 4 is 40.5 Å². The number of carbonyl (C=O) groups is 1. The van der Waals surface area contributed by atoms with Gasteiger partial charge in [-0.3, -0.25) is 4.79 Å². The minimum absolute atomic E-state index is 0.291. The number of methoxy groups -OCH3 is 1. The molecular weight excluding hydrogens is 351 g/mol. The van der Waals surface area contributed by atoms with Crippen LogP contribution in [0.2, 0.25) is 10.0 Å².